The van der Waals surface area contributed by atoms with E-state index in [4.69, 9.17) is 16.3 Å². The van der Waals surface area contributed by atoms with Crippen molar-refractivity contribution in [3.63, 3.8) is 0 Å². The summed E-state index contributed by atoms with van der Waals surface area (Å²) in [6.07, 6.45) is 5.26. The van der Waals surface area contributed by atoms with E-state index >= 15 is 0 Å². The Labute approximate surface area is 108 Å². The van der Waals surface area contributed by atoms with Crippen molar-refractivity contribution in [2.75, 3.05) is 12.4 Å². The Morgan fingerprint density at radius 1 is 1.29 bits per heavy atom. The standard InChI is InChI=1S/C14H20ClNO/c1-10-5-3-4-6-13(10)16-11-7-8-14(17-2)12(15)9-11/h7-10,13,16H,3-6H2,1-2H3. The molecule has 0 bridgehead atoms. The molecule has 1 aromatic carbocycles. The minimum absolute atomic E-state index is 0.577. The molecule has 1 N–H and O–H groups in total. The van der Waals surface area contributed by atoms with Gasteiger partial charge in [-0.1, -0.05) is 31.4 Å². The molecule has 2 atom stereocenters. The van der Waals surface area contributed by atoms with Gasteiger partial charge in [0.05, 0.1) is 12.1 Å². The average Bonchev–Trinajstić information content (AvgIpc) is 2.32. The van der Waals surface area contributed by atoms with Gasteiger partial charge in [0.2, 0.25) is 0 Å². The normalized spacial score (nSPS) is 24.4. The van der Waals surface area contributed by atoms with Crippen LogP contribution in [0.2, 0.25) is 5.02 Å². The van der Waals surface area contributed by atoms with Crippen molar-refractivity contribution >= 4 is 17.3 Å². The molecule has 0 radical (unpaired) electrons. The molecule has 1 aliphatic carbocycles. The fourth-order valence-corrected chi connectivity index (χ4v) is 2.76. The predicted molar refractivity (Wildman–Crippen MR) is 73.0 cm³/mol. The summed E-state index contributed by atoms with van der Waals surface area (Å²) in [6, 6.07) is 6.47. The fraction of sp³-hybridized carbons (Fsp3) is 0.571. The Morgan fingerprint density at radius 3 is 2.71 bits per heavy atom. The second kappa shape index (κ2) is 5.63. The molecule has 17 heavy (non-hydrogen) atoms. The van der Waals surface area contributed by atoms with E-state index in [0.29, 0.717) is 11.1 Å². The molecule has 0 amide bonds. The molecular formula is C14H20ClNO. The molecule has 3 heteroatoms. The van der Waals surface area contributed by atoms with Crippen molar-refractivity contribution in [2.24, 2.45) is 5.92 Å². The number of benzene rings is 1. The maximum absolute atomic E-state index is 6.12. The minimum Gasteiger partial charge on any atom is -0.495 e. The van der Waals surface area contributed by atoms with Gasteiger partial charge in [-0.3, -0.25) is 0 Å². The lowest BCUT2D eigenvalue weighted by molar-refractivity contribution is 0.349. The molecule has 2 rings (SSSR count). The smallest absolute Gasteiger partial charge is 0.137 e. The summed E-state index contributed by atoms with van der Waals surface area (Å²) in [5.74, 6) is 1.47. The number of halogens is 1. The number of methoxy groups -OCH3 is 1. The molecule has 1 aliphatic rings. The highest BCUT2D eigenvalue weighted by Gasteiger charge is 2.20. The Bertz CT molecular complexity index is 380. The number of anilines is 1. The Kier molecular flexibility index (Phi) is 4.16. The molecule has 0 heterocycles. The van der Waals surface area contributed by atoms with E-state index in [-0.39, 0.29) is 0 Å². The lowest BCUT2D eigenvalue weighted by atomic mass is 9.86. The van der Waals surface area contributed by atoms with Crippen LogP contribution in [0.15, 0.2) is 18.2 Å². The molecule has 0 aliphatic heterocycles. The van der Waals surface area contributed by atoms with E-state index in [1.165, 1.54) is 25.7 Å². The van der Waals surface area contributed by atoms with Gasteiger partial charge in [0.15, 0.2) is 0 Å². The Morgan fingerprint density at radius 2 is 2.06 bits per heavy atom. The summed E-state index contributed by atoms with van der Waals surface area (Å²) in [5.41, 5.74) is 1.09. The molecule has 0 saturated heterocycles. The first-order valence-corrected chi connectivity index (χ1v) is 6.68. The third-order valence-corrected chi connectivity index (χ3v) is 3.91. The highest BCUT2D eigenvalue weighted by Crippen LogP contribution is 2.30. The molecule has 1 saturated carbocycles. The first-order chi connectivity index (χ1) is 8.20. The Hall–Kier alpha value is -0.890. The van der Waals surface area contributed by atoms with Crippen LogP contribution in [-0.4, -0.2) is 13.2 Å². The van der Waals surface area contributed by atoms with Gasteiger partial charge in [-0.05, 0) is 37.0 Å². The first-order valence-electron chi connectivity index (χ1n) is 6.31. The lowest BCUT2D eigenvalue weighted by Crippen LogP contribution is -2.30. The van der Waals surface area contributed by atoms with E-state index in [1.807, 2.05) is 18.2 Å². The van der Waals surface area contributed by atoms with Crippen molar-refractivity contribution in [1.29, 1.82) is 0 Å². The van der Waals surface area contributed by atoms with Gasteiger partial charge in [-0.15, -0.1) is 0 Å². The highest BCUT2D eigenvalue weighted by molar-refractivity contribution is 6.32. The second-order valence-corrected chi connectivity index (χ2v) is 5.27. The van der Waals surface area contributed by atoms with Crippen molar-refractivity contribution in [2.45, 2.75) is 38.6 Å². The third-order valence-electron chi connectivity index (χ3n) is 3.62. The van der Waals surface area contributed by atoms with E-state index in [9.17, 15) is 0 Å². The first kappa shape index (κ1) is 12.6. The zero-order valence-electron chi connectivity index (χ0n) is 10.5. The summed E-state index contributed by atoms with van der Waals surface area (Å²) >= 11 is 6.12. The second-order valence-electron chi connectivity index (χ2n) is 4.86. The van der Waals surface area contributed by atoms with Gasteiger partial charge in [0, 0.05) is 11.7 Å². The van der Waals surface area contributed by atoms with Gasteiger partial charge in [0.25, 0.3) is 0 Å². The molecule has 2 nitrogen and oxygen atoms in total. The quantitative estimate of drug-likeness (QED) is 0.865. The van der Waals surface area contributed by atoms with Crippen LogP contribution in [0, 0.1) is 5.92 Å². The molecular weight excluding hydrogens is 234 g/mol. The summed E-state index contributed by atoms with van der Waals surface area (Å²) in [7, 11) is 1.64. The summed E-state index contributed by atoms with van der Waals surface area (Å²) in [5, 5.41) is 4.25. The van der Waals surface area contributed by atoms with Gasteiger partial charge < -0.3 is 10.1 Å². The Balaban J connectivity index is 2.05. The molecule has 0 aromatic heterocycles. The number of hydrogen-bond acceptors (Lipinski definition) is 2. The number of ether oxygens (including phenoxy) is 1. The zero-order valence-corrected chi connectivity index (χ0v) is 11.3. The van der Waals surface area contributed by atoms with Crippen LogP contribution in [0.1, 0.15) is 32.6 Å². The van der Waals surface area contributed by atoms with Crippen LogP contribution < -0.4 is 10.1 Å². The van der Waals surface area contributed by atoms with Gasteiger partial charge in [-0.25, -0.2) is 0 Å². The van der Waals surface area contributed by atoms with Crippen LogP contribution in [0.5, 0.6) is 5.75 Å². The van der Waals surface area contributed by atoms with E-state index in [1.54, 1.807) is 7.11 Å². The third kappa shape index (κ3) is 3.06. The van der Waals surface area contributed by atoms with E-state index in [0.717, 1.165) is 17.4 Å². The van der Waals surface area contributed by atoms with Crippen molar-refractivity contribution < 1.29 is 4.74 Å². The largest absolute Gasteiger partial charge is 0.495 e. The van der Waals surface area contributed by atoms with E-state index in [2.05, 4.69) is 12.2 Å². The maximum atomic E-state index is 6.12. The van der Waals surface area contributed by atoms with Gasteiger partial charge in [-0.2, -0.15) is 0 Å². The SMILES string of the molecule is COc1ccc(NC2CCCCC2C)cc1Cl. The van der Waals surface area contributed by atoms with E-state index < -0.39 is 0 Å². The number of rotatable bonds is 3. The van der Waals surface area contributed by atoms with Crippen LogP contribution in [0.3, 0.4) is 0 Å². The molecule has 1 aromatic rings. The van der Waals surface area contributed by atoms with Crippen molar-refractivity contribution in [3.05, 3.63) is 23.2 Å². The zero-order chi connectivity index (χ0) is 12.3. The number of nitrogens with one attached hydrogen (secondary N) is 1. The summed E-state index contributed by atoms with van der Waals surface area (Å²) in [6.45, 7) is 2.32. The molecule has 1 fully saturated rings. The van der Waals surface area contributed by atoms with Crippen LogP contribution in [-0.2, 0) is 0 Å². The van der Waals surface area contributed by atoms with Crippen molar-refractivity contribution in [3.8, 4) is 5.75 Å². The van der Waals surface area contributed by atoms with Crippen molar-refractivity contribution in [1.82, 2.24) is 0 Å². The lowest BCUT2D eigenvalue weighted by Gasteiger charge is -2.30. The monoisotopic (exact) mass is 253 g/mol. The van der Waals surface area contributed by atoms with Crippen LogP contribution in [0.4, 0.5) is 5.69 Å². The topological polar surface area (TPSA) is 21.3 Å². The molecule has 2 unspecified atom stereocenters. The molecule has 94 valence electrons. The minimum atomic E-state index is 0.577. The van der Waals surface area contributed by atoms with Crippen LogP contribution in [0.25, 0.3) is 0 Å². The van der Waals surface area contributed by atoms with Gasteiger partial charge >= 0.3 is 0 Å². The van der Waals surface area contributed by atoms with Gasteiger partial charge in [0.1, 0.15) is 5.75 Å². The highest BCUT2D eigenvalue weighted by atomic mass is 35.5. The maximum Gasteiger partial charge on any atom is 0.137 e. The fourth-order valence-electron chi connectivity index (χ4n) is 2.50. The predicted octanol–water partition coefficient (Wildman–Crippen LogP) is 4.34. The average molecular weight is 254 g/mol. The summed E-state index contributed by atoms with van der Waals surface area (Å²) in [4.78, 5) is 0. The summed E-state index contributed by atoms with van der Waals surface area (Å²) < 4.78 is 5.15. The molecule has 0 spiro atoms. The number of hydrogen-bond donors (Lipinski definition) is 1. The van der Waals surface area contributed by atoms with Crippen LogP contribution >= 0.6 is 11.6 Å².